The molecule has 140 valence electrons. The van der Waals surface area contributed by atoms with E-state index in [-0.39, 0.29) is 4.90 Å². The molecule has 7 heteroatoms. The first-order valence-electron chi connectivity index (χ1n) is 8.88. The van der Waals surface area contributed by atoms with Gasteiger partial charge >= 0.3 is 0 Å². The number of aromatic nitrogens is 1. The summed E-state index contributed by atoms with van der Waals surface area (Å²) in [7, 11) is -0.551. The lowest BCUT2D eigenvalue weighted by Gasteiger charge is -2.25. The quantitative estimate of drug-likeness (QED) is 0.809. The Morgan fingerprint density at radius 2 is 1.92 bits per heavy atom. The Hall–Kier alpha value is -2.12. The molecule has 1 heterocycles. The number of hydrogen-bond acceptors (Lipinski definition) is 5. The van der Waals surface area contributed by atoms with Crippen LogP contribution in [-0.4, -0.2) is 33.6 Å². The maximum atomic E-state index is 12.3. The normalized spacial score (nSPS) is 15.6. The molecule has 1 aliphatic rings. The third kappa shape index (κ3) is 3.99. The first kappa shape index (κ1) is 18.7. The molecular weight excluding hydrogens is 350 g/mol. The molecule has 0 bridgehead atoms. The van der Waals surface area contributed by atoms with Gasteiger partial charge in [-0.05, 0) is 50.2 Å². The van der Waals surface area contributed by atoms with Crippen molar-refractivity contribution in [1.82, 2.24) is 9.71 Å². The molecule has 26 heavy (non-hydrogen) atoms. The Morgan fingerprint density at radius 1 is 1.15 bits per heavy atom. The number of hydrogen-bond donors (Lipinski definition) is 2. The standard InChI is InChI=1S/C19H25N3O3S/c1-20-26(23,24)15-10-11-17(22-14-7-4-3-5-8-14)16(13-15)19-18(25-2)9-6-12-21-19/h6,9-14,20,22H,3-5,7-8H2,1-2H3. The van der Waals surface area contributed by atoms with Crippen LogP contribution < -0.4 is 14.8 Å². The highest BCUT2D eigenvalue weighted by Gasteiger charge is 2.20. The van der Waals surface area contributed by atoms with Crippen molar-refractivity contribution in [3.63, 3.8) is 0 Å². The smallest absolute Gasteiger partial charge is 0.240 e. The fraction of sp³-hybridized carbons (Fsp3) is 0.421. The number of methoxy groups -OCH3 is 1. The van der Waals surface area contributed by atoms with Gasteiger partial charge in [-0.25, -0.2) is 13.1 Å². The van der Waals surface area contributed by atoms with Crippen molar-refractivity contribution in [1.29, 1.82) is 0 Å². The van der Waals surface area contributed by atoms with Crippen molar-refractivity contribution in [3.05, 3.63) is 36.5 Å². The Bertz CT molecular complexity index is 862. The van der Waals surface area contributed by atoms with Gasteiger partial charge in [-0.3, -0.25) is 4.98 Å². The van der Waals surface area contributed by atoms with E-state index in [1.807, 2.05) is 12.1 Å². The summed E-state index contributed by atoms with van der Waals surface area (Å²) in [4.78, 5) is 4.65. The largest absolute Gasteiger partial charge is 0.494 e. The molecule has 1 aromatic carbocycles. The van der Waals surface area contributed by atoms with Gasteiger partial charge in [-0.15, -0.1) is 0 Å². The minimum absolute atomic E-state index is 0.205. The molecule has 0 spiro atoms. The summed E-state index contributed by atoms with van der Waals surface area (Å²) < 4.78 is 32.3. The van der Waals surface area contributed by atoms with E-state index >= 15 is 0 Å². The van der Waals surface area contributed by atoms with Crippen molar-refractivity contribution in [2.45, 2.75) is 43.0 Å². The first-order chi connectivity index (χ1) is 12.5. The molecule has 0 amide bonds. The predicted molar refractivity (Wildman–Crippen MR) is 103 cm³/mol. The molecule has 1 aliphatic carbocycles. The molecular formula is C19H25N3O3S. The summed E-state index contributed by atoms with van der Waals surface area (Å²) in [5, 5.41) is 3.59. The van der Waals surface area contributed by atoms with Crippen LogP contribution in [0, 0.1) is 0 Å². The Kier molecular flexibility index (Phi) is 5.78. The summed E-state index contributed by atoms with van der Waals surface area (Å²) in [6.07, 6.45) is 7.63. The van der Waals surface area contributed by atoms with Crippen molar-refractivity contribution in [2.24, 2.45) is 0 Å². The first-order valence-corrected chi connectivity index (χ1v) is 10.4. The lowest BCUT2D eigenvalue weighted by Crippen LogP contribution is -2.23. The van der Waals surface area contributed by atoms with Crippen molar-refractivity contribution < 1.29 is 13.2 Å². The van der Waals surface area contributed by atoms with Gasteiger partial charge in [0.25, 0.3) is 0 Å². The van der Waals surface area contributed by atoms with E-state index < -0.39 is 10.0 Å². The van der Waals surface area contributed by atoms with E-state index in [9.17, 15) is 8.42 Å². The maximum absolute atomic E-state index is 12.3. The van der Waals surface area contributed by atoms with E-state index in [2.05, 4.69) is 15.0 Å². The number of rotatable bonds is 6. The molecule has 1 fully saturated rings. The van der Waals surface area contributed by atoms with Gasteiger partial charge in [-0.1, -0.05) is 19.3 Å². The number of sulfonamides is 1. The number of benzene rings is 1. The number of nitrogens with zero attached hydrogens (tertiary/aromatic N) is 1. The summed E-state index contributed by atoms with van der Waals surface area (Å²) in [5.41, 5.74) is 2.23. The van der Waals surface area contributed by atoms with Crippen molar-refractivity contribution in [3.8, 4) is 17.0 Å². The summed E-state index contributed by atoms with van der Waals surface area (Å²) >= 11 is 0. The van der Waals surface area contributed by atoms with Crippen LogP contribution in [0.25, 0.3) is 11.3 Å². The van der Waals surface area contributed by atoms with E-state index in [1.54, 1.807) is 31.5 Å². The minimum atomic E-state index is -3.54. The molecule has 0 atom stereocenters. The molecule has 6 nitrogen and oxygen atoms in total. The molecule has 0 saturated heterocycles. The number of anilines is 1. The summed E-state index contributed by atoms with van der Waals surface area (Å²) in [6, 6.07) is 9.11. The average molecular weight is 375 g/mol. The van der Waals surface area contributed by atoms with E-state index in [1.165, 1.54) is 26.3 Å². The van der Waals surface area contributed by atoms with Gasteiger partial charge in [0.1, 0.15) is 11.4 Å². The van der Waals surface area contributed by atoms with Crippen LogP contribution in [0.3, 0.4) is 0 Å². The van der Waals surface area contributed by atoms with Crippen LogP contribution >= 0.6 is 0 Å². The van der Waals surface area contributed by atoms with Gasteiger partial charge in [0.05, 0.1) is 12.0 Å². The Balaban J connectivity index is 2.08. The zero-order valence-electron chi connectivity index (χ0n) is 15.2. The Labute approximate surface area is 155 Å². The predicted octanol–water partition coefficient (Wildman–Crippen LogP) is 3.41. The van der Waals surface area contributed by atoms with Crippen LogP contribution in [0.1, 0.15) is 32.1 Å². The van der Waals surface area contributed by atoms with Gasteiger partial charge in [-0.2, -0.15) is 0 Å². The third-order valence-corrected chi connectivity index (χ3v) is 6.19. The molecule has 2 N–H and O–H groups in total. The number of ether oxygens (including phenoxy) is 1. The zero-order chi connectivity index (χ0) is 18.6. The van der Waals surface area contributed by atoms with E-state index in [4.69, 9.17) is 4.74 Å². The fourth-order valence-electron chi connectivity index (χ4n) is 3.35. The summed E-state index contributed by atoms with van der Waals surface area (Å²) in [5.74, 6) is 0.609. The molecule has 0 unspecified atom stereocenters. The van der Waals surface area contributed by atoms with Gasteiger partial charge in [0, 0.05) is 23.5 Å². The second kappa shape index (κ2) is 8.05. The molecule has 0 radical (unpaired) electrons. The third-order valence-electron chi connectivity index (χ3n) is 4.78. The fourth-order valence-corrected chi connectivity index (χ4v) is 4.11. The highest BCUT2D eigenvalue weighted by molar-refractivity contribution is 7.89. The van der Waals surface area contributed by atoms with Gasteiger partial charge in [0.2, 0.25) is 10.0 Å². The highest BCUT2D eigenvalue weighted by atomic mass is 32.2. The van der Waals surface area contributed by atoms with Crippen LogP contribution in [0.15, 0.2) is 41.4 Å². The molecule has 1 saturated carbocycles. The lowest BCUT2D eigenvalue weighted by molar-refractivity contribution is 0.415. The monoisotopic (exact) mass is 375 g/mol. The molecule has 2 aromatic rings. The minimum Gasteiger partial charge on any atom is -0.494 e. The van der Waals surface area contributed by atoms with E-state index in [0.717, 1.165) is 24.1 Å². The lowest BCUT2D eigenvalue weighted by atomic mass is 9.95. The zero-order valence-corrected chi connectivity index (χ0v) is 16.0. The van der Waals surface area contributed by atoms with Crippen LogP contribution in [0.5, 0.6) is 5.75 Å². The highest BCUT2D eigenvalue weighted by Crippen LogP contribution is 2.36. The maximum Gasteiger partial charge on any atom is 0.240 e. The second-order valence-electron chi connectivity index (χ2n) is 6.45. The number of pyridine rings is 1. The molecule has 0 aliphatic heterocycles. The van der Waals surface area contributed by atoms with Gasteiger partial charge < -0.3 is 10.1 Å². The SMILES string of the molecule is CNS(=O)(=O)c1ccc(NC2CCCCC2)c(-c2ncccc2OC)c1. The second-order valence-corrected chi connectivity index (χ2v) is 8.34. The van der Waals surface area contributed by atoms with Crippen LogP contribution in [0.2, 0.25) is 0 Å². The average Bonchev–Trinajstić information content (AvgIpc) is 2.69. The molecule has 1 aromatic heterocycles. The van der Waals surface area contributed by atoms with Crippen molar-refractivity contribution in [2.75, 3.05) is 19.5 Å². The topological polar surface area (TPSA) is 80.3 Å². The van der Waals surface area contributed by atoms with Crippen molar-refractivity contribution >= 4 is 15.7 Å². The van der Waals surface area contributed by atoms with E-state index in [0.29, 0.717) is 17.5 Å². The van der Waals surface area contributed by atoms with Crippen LogP contribution in [0.4, 0.5) is 5.69 Å². The Morgan fingerprint density at radius 3 is 2.62 bits per heavy atom. The summed E-state index contributed by atoms with van der Waals surface area (Å²) in [6.45, 7) is 0. The number of nitrogens with one attached hydrogen (secondary N) is 2. The molecule has 3 rings (SSSR count). The van der Waals surface area contributed by atoms with Gasteiger partial charge in [0.15, 0.2) is 0 Å². The van der Waals surface area contributed by atoms with Crippen LogP contribution in [-0.2, 0) is 10.0 Å².